The van der Waals surface area contributed by atoms with Crippen molar-refractivity contribution in [3.8, 4) is 0 Å². The fourth-order valence-electron chi connectivity index (χ4n) is 3.63. The van der Waals surface area contributed by atoms with Gasteiger partial charge >= 0.3 is 5.97 Å². The summed E-state index contributed by atoms with van der Waals surface area (Å²) in [5, 5.41) is 2.45. The largest absolute Gasteiger partial charge is 0.466 e. The van der Waals surface area contributed by atoms with Crippen LogP contribution in [0, 0.1) is 5.92 Å². The Kier molecular flexibility index (Phi) is 8.17. The molecule has 0 saturated heterocycles. The fraction of sp³-hybridized carbons (Fsp3) is 0.320. The maximum Gasteiger partial charge on any atom is 0.330 e. The van der Waals surface area contributed by atoms with Crippen LogP contribution in [-0.4, -0.2) is 28.0 Å². The van der Waals surface area contributed by atoms with Crippen molar-refractivity contribution in [3.05, 3.63) is 85.5 Å². The van der Waals surface area contributed by atoms with Crippen molar-refractivity contribution in [2.75, 3.05) is 13.7 Å². The van der Waals surface area contributed by atoms with Gasteiger partial charge in [0, 0.05) is 18.6 Å². The number of hydrogen-bond acceptors (Lipinski definition) is 3. The average molecular weight is 409 g/mol. The van der Waals surface area contributed by atoms with Crippen molar-refractivity contribution in [1.82, 2.24) is 0 Å². The summed E-state index contributed by atoms with van der Waals surface area (Å²) in [4.78, 5) is 11.3. The summed E-state index contributed by atoms with van der Waals surface area (Å²) in [5.74, 6) is -0.238. The zero-order valence-electron chi connectivity index (χ0n) is 17.9. The number of carbonyl (C=O) groups is 1. The van der Waals surface area contributed by atoms with Crippen LogP contribution in [0.15, 0.2) is 85.5 Å². The van der Waals surface area contributed by atoms with Gasteiger partial charge in [-0.25, -0.2) is 4.79 Å². The molecule has 29 heavy (non-hydrogen) atoms. The molecule has 0 saturated carbocycles. The Hall–Kier alpha value is -2.43. The molecule has 0 spiro atoms. The summed E-state index contributed by atoms with van der Waals surface area (Å²) in [5.41, 5.74) is 0. The van der Waals surface area contributed by atoms with Crippen molar-refractivity contribution in [3.63, 3.8) is 0 Å². The van der Waals surface area contributed by atoms with E-state index in [4.69, 9.17) is 4.43 Å². The molecular weight excluding hydrogens is 376 g/mol. The maximum atomic E-state index is 11.3. The van der Waals surface area contributed by atoms with E-state index in [-0.39, 0.29) is 16.9 Å². The third kappa shape index (κ3) is 5.55. The lowest BCUT2D eigenvalue weighted by Gasteiger charge is -2.43. The molecule has 0 bridgehead atoms. The van der Waals surface area contributed by atoms with Crippen molar-refractivity contribution in [2.24, 2.45) is 5.92 Å². The van der Waals surface area contributed by atoms with Crippen LogP contribution in [0.1, 0.15) is 27.2 Å². The Morgan fingerprint density at radius 2 is 1.55 bits per heavy atom. The lowest BCUT2D eigenvalue weighted by atomic mass is 10.1. The van der Waals surface area contributed by atoms with Crippen LogP contribution in [0.4, 0.5) is 0 Å². The SMILES string of the molecule is C=C[C@H](C/C=C/C(=O)OC)CO[Si](c1ccccc1)(c1ccccc1)C(C)(C)C. The van der Waals surface area contributed by atoms with Crippen molar-refractivity contribution < 1.29 is 14.0 Å². The molecule has 0 heterocycles. The molecule has 2 aromatic rings. The predicted molar refractivity (Wildman–Crippen MR) is 123 cm³/mol. The molecule has 0 aliphatic rings. The Labute approximate surface area is 176 Å². The summed E-state index contributed by atoms with van der Waals surface area (Å²) in [7, 11) is -1.18. The normalized spacial score (nSPS) is 13.2. The van der Waals surface area contributed by atoms with Crippen LogP contribution in [0.5, 0.6) is 0 Å². The molecule has 0 aliphatic carbocycles. The molecule has 0 radical (unpaired) electrons. The number of allylic oxidation sites excluding steroid dienone is 1. The number of ether oxygens (including phenoxy) is 1. The molecule has 0 amide bonds. The van der Waals surface area contributed by atoms with Crippen LogP contribution in [0.3, 0.4) is 0 Å². The molecule has 2 rings (SSSR count). The molecule has 0 fully saturated rings. The van der Waals surface area contributed by atoms with E-state index < -0.39 is 8.32 Å². The van der Waals surface area contributed by atoms with Gasteiger partial charge < -0.3 is 9.16 Å². The second-order valence-electron chi connectivity index (χ2n) is 8.13. The summed E-state index contributed by atoms with van der Waals surface area (Å²) in [6.45, 7) is 11.3. The molecule has 1 atom stereocenters. The third-order valence-electron chi connectivity index (χ3n) is 5.16. The van der Waals surface area contributed by atoms with Crippen LogP contribution in [0.25, 0.3) is 0 Å². The molecule has 3 nitrogen and oxygen atoms in total. The smallest absolute Gasteiger partial charge is 0.330 e. The predicted octanol–water partition coefficient (Wildman–Crippen LogP) is 4.48. The third-order valence-corrected chi connectivity index (χ3v) is 10.2. The Bertz CT molecular complexity index is 767. The lowest BCUT2D eigenvalue weighted by molar-refractivity contribution is -0.134. The van der Waals surface area contributed by atoms with Gasteiger partial charge in [0.05, 0.1) is 7.11 Å². The highest BCUT2D eigenvalue weighted by molar-refractivity contribution is 6.99. The van der Waals surface area contributed by atoms with E-state index in [9.17, 15) is 4.79 Å². The Balaban J connectivity index is 2.39. The van der Waals surface area contributed by atoms with Gasteiger partial charge in [-0.3, -0.25) is 0 Å². The number of methoxy groups -OCH3 is 1. The van der Waals surface area contributed by atoms with Crippen LogP contribution in [-0.2, 0) is 14.0 Å². The van der Waals surface area contributed by atoms with Crippen LogP contribution >= 0.6 is 0 Å². The number of rotatable bonds is 9. The van der Waals surface area contributed by atoms with Crippen LogP contribution in [0.2, 0.25) is 5.04 Å². The Morgan fingerprint density at radius 3 is 1.97 bits per heavy atom. The first-order valence-electron chi connectivity index (χ1n) is 9.97. The van der Waals surface area contributed by atoms with E-state index in [0.29, 0.717) is 13.0 Å². The van der Waals surface area contributed by atoms with Crippen molar-refractivity contribution in [1.29, 1.82) is 0 Å². The van der Waals surface area contributed by atoms with Gasteiger partial charge in [-0.2, -0.15) is 0 Å². The van der Waals surface area contributed by atoms with Crippen molar-refractivity contribution in [2.45, 2.75) is 32.2 Å². The van der Waals surface area contributed by atoms with E-state index in [1.807, 2.05) is 24.3 Å². The molecule has 0 N–H and O–H groups in total. The first-order valence-corrected chi connectivity index (χ1v) is 11.9. The molecule has 0 unspecified atom stereocenters. The highest BCUT2D eigenvalue weighted by Gasteiger charge is 2.50. The highest BCUT2D eigenvalue weighted by atomic mass is 28.4. The zero-order chi connectivity index (χ0) is 21.3. The quantitative estimate of drug-likeness (QED) is 0.265. The number of esters is 1. The molecule has 2 aromatic carbocycles. The second-order valence-corrected chi connectivity index (χ2v) is 12.4. The number of hydrogen-bond donors (Lipinski definition) is 0. The van der Waals surface area contributed by atoms with E-state index in [1.165, 1.54) is 23.6 Å². The van der Waals surface area contributed by atoms with Gasteiger partial charge in [0.25, 0.3) is 8.32 Å². The first kappa shape index (κ1) is 22.9. The number of benzene rings is 2. The summed E-state index contributed by atoms with van der Waals surface area (Å²) in [6.07, 6.45) is 5.86. The molecule has 4 heteroatoms. The zero-order valence-corrected chi connectivity index (χ0v) is 18.9. The minimum absolute atomic E-state index is 0.0662. The second kappa shape index (κ2) is 10.4. The fourth-order valence-corrected chi connectivity index (χ4v) is 8.25. The molecule has 154 valence electrons. The monoisotopic (exact) mass is 408 g/mol. The van der Waals surface area contributed by atoms with Gasteiger partial charge in [0.1, 0.15) is 0 Å². The summed E-state index contributed by atoms with van der Waals surface area (Å²) in [6, 6.07) is 21.2. The summed E-state index contributed by atoms with van der Waals surface area (Å²) < 4.78 is 11.6. The molecule has 0 aliphatic heterocycles. The summed E-state index contributed by atoms with van der Waals surface area (Å²) >= 11 is 0. The van der Waals surface area contributed by atoms with E-state index in [1.54, 1.807) is 0 Å². The van der Waals surface area contributed by atoms with E-state index >= 15 is 0 Å². The Morgan fingerprint density at radius 1 is 1.03 bits per heavy atom. The molecule has 0 aromatic heterocycles. The minimum atomic E-state index is -2.56. The van der Waals surface area contributed by atoms with Gasteiger partial charge in [0.2, 0.25) is 0 Å². The van der Waals surface area contributed by atoms with Gasteiger partial charge in [0.15, 0.2) is 0 Å². The van der Waals surface area contributed by atoms with E-state index in [0.717, 1.165) is 0 Å². The first-order chi connectivity index (χ1) is 13.8. The van der Waals surface area contributed by atoms with Gasteiger partial charge in [-0.05, 0) is 21.8 Å². The topological polar surface area (TPSA) is 35.5 Å². The van der Waals surface area contributed by atoms with Crippen LogP contribution < -0.4 is 10.4 Å². The standard InChI is InChI=1S/C25H32O3Si/c1-6-21(14-13-19-24(26)27-5)20-28-29(25(2,3)4,22-15-9-7-10-16-22)23-17-11-8-12-18-23/h6-13,15-19,21H,1,14,20H2,2-5H3/b19-13+/t21-/m1/s1. The molecular formula is C25H32O3Si. The van der Waals surface area contributed by atoms with E-state index in [2.05, 4.69) is 80.6 Å². The minimum Gasteiger partial charge on any atom is -0.466 e. The average Bonchev–Trinajstić information content (AvgIpc) is 2.73. The van der Waals surface area contributed by atoms with Gasteiger partial charge in [-0.15, -0.1) is 6.58 Å². The van der Waals surface area contributed by atoms with Crippen molar-refractivity contribution >= 4 is 24.7 Å². The highest BCUT2D eigenvalue weighted by Crippen LogP contribution is 2.37. The van der Waals surface area contributed by atoms with Gasteiger partial charge in [-0.1, -0.05) is 93.6 Å². The lowest BCUT2D eigenvalue weighted by Crippen LogP contribution is -2.66. The maximum absolute atomic E-state index is 11.3. The number of carbonyl (C=O) groups excluding carboxylic acids is 1.